The normalized spacial score (nSPS) is 17.2. The maximum absolute atomic E-state index is 5.61. The van der Waals surface area contributed by atoms with Crippen LogP contribution in [0.15, 0.2) is 35.7 Å². The van der Waals surface area contributed by atoms with Gasteiger partial charge in [-0.25, -0.2) is 9.97 Å². The average Bonchev–Trinajstić information content (AvgIpc) is 3.27. The average molecular weight is 456 g/mol. The molecule has 25 heavy (non-hydrogen) atoms. The molecular weight excluding hydrogens is 431 g/mol. The Morgan fingerprint density at radius 2 is 2.24 bits per heavy atom. The Bertz CT molecular complexity index is 679. The lowest BCUT2D eigenvalue weighted by Crippen LogP contribution is -2.40. The number of nitrogens with zero attached hydrogens (tertiary/aromatic N) is 4. The number of aromatic nitrogens is 3. The van der Waals surface area contributed by atoms with Gasteiger partial charge in [-0.15, -0.1) is 24.0 Å². The molecule has 2 aromatic heterocycles. The fourth-order valence-electron chi connectivity index (χ4n) is 2.71. The van der Waals surface area contributed by atoms with Gasteiger partial charge >= 0.3 is 0 Å². The summed E-state index contributed by atoms with van der Waals surface area (Å²) in [5, 5.41) is 6.60. The van der Waals surface area contributed by atoms with Crippen molar-refractivity contribution in [3.8, 4) is 5.82 Å². The van der Waals surface area contributed by atoms with Crippen LogP contribution in [-0.4, -0.2) is 46.8 Å². The van der Waals surface area contributed by atoms with Crippen LogP contribution in [0, 0.1) is 6.92 Å². The van der Waals surface area contributed by atoms with Crippen LogP contribution in [-0.2, 0) is 11.3 Å². The van der Waals surface area contributed by atoms with Crippen molar-refractivity contribution < 1.29 is 4.74 Å². The van der Waals surface area contributed by atoms with Crippen LogP contribution in [0.4, 0.5) is 0 Å². The van der Waals surface area contributed by atoms with Crippen LogP contribution in [0.25, 0.3) is 5.82 Å². The monoisotopic (exact) mass is 456 g/mol. The Morgan fingerprint density at radius 3 is 2.84 bits per heavy atom. The first-order chi connectivity index (χ1) is 11.8. The lowest BCUT2D eigenvalue weighted by molar-refractivity contribution is 0.114. The van der Waals surface area contributed by atoms with Crippen molar-refractivity contribution in [1.82, 2.24) is 25.2 Å². The molecule has 0 saturated carbocycles. The molecule has 0 radical (unpaired) electrons. The lowest BCUT2D eigenvalue weighted by atomic mass is 10.2. The molecule has 136 valence electrons. The van der Waals surface area contributed by atoms with E-state index in [1.165, 1.54) is 0 Å². The maximum Gasteiger partial charge on any atom is 0.191 e. The Kier molecular flexibility index (Phi) is 7.63. The van der Waals surface area contributed by atoms with E-state index in [-0.39, 0.29) is 24.0 Å². The standard InChI is InChI=1S/C17H24N6O.HI/c1-13-19-7-8-23(13)16-6-5-14(10-20-16)11-21-17(18-2)22-12-15-4-3-9-24-15;/h5-8,10,15H,3-4,9,11-12H2,1-2H3,(H2,18,21,22);1H. The van der Waals surface area contributed by atoms with E-state index in [1.807, 2.05) is 30.0 Å². The second kappa shape index (κ2) is 9.71. The third-order valence-electron chi connectivity index (χ3n) is 4.09. The summed E-state index contributed by atoms with van der Waals surface area (Å²) in [6.07, 6.45) is 8.11. The summed E-state index contributed by atoms with van der Waals surface area (Å²) in [7, 11) is 1.77. The minimum Gasteiger partial charge on any atom is -0.376 e. The molecule has 3 heterocycles. The smallest absolute Gasteiger partial charge is 0.191 e. The molecule has 3 rings (SSSR count). The number of halogens is 1. The van der Waals surface area contributed by atoms with Crippen molar-refractivity contribution in [2.24, 2.45) is 4.99 Å². The quantitative estimate of drug-likeness (QED) is 0.409. The fourth-order valence-corrected chi connectivity index (χ4v) is 2.71. The van der Waals surface area contributed by atoms with Gasteiger partial charge in [-0.3, -0.25) is 9.56 Å². The topological polar surface area (TPSA) is 76.4 Å². The molecule has 2 N–H and O–H groups in total. The number of ether oxygens (including phenoxy) is 1. The van der Waals surface area contributed by atoms with Gasteiger partial charge in [-0.05, 0) is 31.4 Å². The van der Waals surface area contributed by atoms with E-state index in [9.17, 15) is 0 Å². The summed E-state index contributed by atoms with van der Waals surface area (Å²) in [5.41, 5.74) is 1.09. The van der Waals surface area contributed by atoms with Crippen molar-refractivity contribution >= 4 is 29.9 Å². The first-order valence-electron chi connectivity index (χ1n) is 8.27. The molecule has 0 spiro atoms. The molecule has 7 nitrogen and oxygen atoms in total. The van der Waals surface area contributed by atoms with Gasteiger partial charge in [0.1, 0.15) is 11.6 Å². The van der Waals surface area contributed by atoms with Crippen molar-refractivity contribution in [2.45, 2.75) is 32.4 Å². The molecule has 0 aromatic carbocycles. The highest BCUT2D eigenvalue weighted by molar-refractivity contribution is 14.0. The number of imidazole rings is 1. The molecule has 0 aliphatic carbocycles. The van der Waals surface area contributed by atoms with E-state index in [2.05, 4.69) is 31.7 Å². The minimum atomic E-state index is 0. The molecule has 1 aliphatic heterocycles. The summed E-state index contributed by atoms with van der Waals surface area (Å²) in [4.78, 5) is 13.0. The van der Waals surface area contributed by atoms with Gasteiger partial charge in [0.2, 0.25) is 0 Å². The number of hydrogen-bond donors (Lipinski definition) is 2. The second-order valence-electron chi connectivity index (χ2n) is 5.81. The van der Waals surface area contributed by atoms with E-state index in [0.717, 1.165) is 49.2 Å². The highest BCUT2D eigenvalue weighted by Crippen LogP contribution is 2.10. The summed E-state index contributed by atoms with van der Waals surface area (Å²) < 4.78 is 7.56. The van der Waals surface area contributed by atoms with Crippen LogP contribution in [0.3, 0.4) is 0 Å². The van der Waals surface area contributed by atoms with Crippen molar-refractivity contribution in [3.05, 3.63) is 42.1 Å². The zero-order valence-electron chi connectivity index (χ0n) is 14.6. The molecule has 8 heteroatoms. The zero-order valence-corrected chi connectivity index (χ0v) is 16.9. The van der Waals surface area contributed by atoms with Gasteiger partial charge in [0.05, 0.1) is 6.10 Å². The van der Waals surface area contributed by atoms with Gasteiger partial charge in [0, 0.05) is 45.3 Å². The van der Waals surface area contributed by atoms with Crippen LogP contribution in [0.2, 0.25) is 0 Å². The van der Waals surface area contributed by atoms with Gasteiger partial charge < -0.3 is 15.4 Å². The molecule has 0 amide bonds. The van der Waals surface area contributed by atoms with E-state index in [4.69, 9.17) is 4.74 Å². The zero-order chi connectivity index (χ0) is 16.8. The summed E-state index contributed by atoms with van der Waals surface area (Å²) in [6, 6.07) is 4.05. The van der Waals surface area contributed by atoms with Crippen LogP contribution < -0.4 is 10.6 Å². The van der Waals surface area contributed by atoms with Gasteiger partial charge in [-0.2, -0.15) is 0 Å². The van der Waals surface area contributed by atoms with E-state index < -0.39 is 0 Å². The lowest BCUT2D eigenvalue weighted by Gasteiger charge is -2.15. The Morgan fingerprint density at radius 1 is 1.36 bits per heavy atom. The fraction of sp³-hybridized carbons (Fsp3) is 0.471. The van der Waals surface area contributed by atoms with E-state index in [0.29, 0.717) is 12.6 Å². The number of guanidine groups is 1. The minimum absolute atomic E-state index is 0. The van der Waals surface area contributed by atoms with Crippen molar-refractivity contribution in [3.63, 3.8) is 0 Å². The summed E-state index contributed by atoms with van der Waals surface area (Å²) >= 11 is 0. The van der Waals surface area contributed by atoms with E-state index in [1.54, 1.807) is 13.2 Å². The number of aryl methyl sites for hydroxylation is 1. The molecular formula is C17H25IN6O. The summed E-state index contributed by atoms with van der Waals surface area (Å²) in [5.74, 6) is 2.57. The van der Waals surface area contributed by atoms with Gasteiger partial charge in [0.25, 0.3) is 0 Å². The third kappa shape index (κ3) is 5.40. The third-order valence-corrected chi connectivity index (χ3v) is 4.09. The Balaban J connectivity index is 0.00000225. The molecule has 0 bridgehead atoms. The SMILES string of the molecule is CN=C(NCc1ccc(-n2ccnc2C)nc1)NCC1CCCO1.I. The molecule has 1 atom stereocenters. The van der Waals surface area contributed by atoms with Crippen LogP contribution in [0.5, 0.6) is 0 Å². The second-order valence-corrected chi connectivity index (χ2v) is 5.81. The molecule has 1 unspecified atom stereocenters. The highest BCUT2D eigenvalue weighted by Gasteiger charge is 2.15. The first kappa shape index (κ1) is 19.6. The van der Waals surface area contributed by atoms with Gasteiger partial charge in [-0.1, -0.05) is 6.07 Å². The van der Waals surface area contributed by atoms with Gasteiger partial charge in [0.15, 0.2) is 5.96 Å². The van der Waals surface area contributed by atoms with Crippen LogP contribution in [0.1, 0.15) is 24.2 Å². The van der Waals surface area contributed by atoms with Crippen molar-refractivity contribution in [1.29, 1.82) is 0 Å². The van der Waals surface area contributed by atoms with Crippen LogP contribution >= 0.6 is 24.0 Å². The molecule has 2 aromatic rings. The summed E-state index contributed by atoms with van der Waals surface area (Å²) in [6.45, 7) is 4.28. The molecule has 1 aliphatic rings. The predicted octanol–water partition coefficient (Wildman–Crippen LogP) is 2.04. The number of nitrogens with one attached hydrogen (secondary N) is 2. The number of hydrogen-bond acceptors (Lipinski definition) is 4. The Hall–Kier alpha value is -1.68. The maximum atomic E-state index is 5.61. The molecule has 1 saturated heterocycles. The predicted molar refractivity (Wildman–Crippen MR) is 109 cm³/mol. The first-order valence-corrected chi connectivity index (χ1v) is 8.27. The number of pyridine rings is 1. The molecule has 1 fully saturated rings. The largest absolute Gasteiger partial charge is 0.376 e. The number of rotatable bonds is 5. The van der Waals surface area contributed by atoms with Crippen molar-refractivity contribution in [2.75, 3.05) is 20.2 Å². The Labute approximate surface area is 165 Å². The van der Waals surface area contributed by atoms with E-state index >= 15 is 0 Å². The highest BCUT2D eigenvalue weighted by atomic mass is 127. The number of aliphatic imine (C=N–C) groups is 1.